The zero-order valence-electron chi connectivity index (χ0n) is 18.1. The van der Waals surface area contributed by atoms with Crippen LogP contribution in [0.1, 0.15) is 0 Å². The molecule has 1 N–H and O–H groups in total. The van der Waals surface area contributed by atoms with Crippen molar-refractivity contribution in [1.29, 1.82) is 0 Å². The molecule has 0 bridgehead atoms. The molecule has 1 aromatic heterocycles. The fourth-order valence-corrected chi connectivity index (χ4v) is 3.95. The highest BCUT2D eigenvalue weighted by molar-refractivity contribution is 7.99. The fourth-order valence-electron chi connectivity index (χ4n) is 3.15. The summed E-state index contributed by atoms with van der Waals surface area (Å²) >= 11 is 1.32. The SMILES string of the molecule is COc1ccc(-c2cn(-c3ccc(OC)cc3)c(SCC(=O)Nc3ccc(F)cc3)n2)cc1. The summed E-state index contributed by atoms with van der Waals surface area (Å²) in [7, 11) is 3.24. The lowest BCUT2D eigenvalue weighted by Crippen LogP contribution is -2.14. The van der Waals surface area contributed by atoms with Crippen LogP contribution >= 0.6 is 11.8 Å². The third kappa shape index (κ3) is 5.53. The summed E-state index contributed by atoms with van der Waals surface area (Å²) in [5, 5.41) is 3.44. The fraction of sp³-hybridized carbons (Fsp3) is 0.120. The van der Waals surface area contributed by atoms with Gasteiger partial charge in [-0.2, -0.15) is 0 Å². The first kappa shape index (κ1) is 22.4. The molecular formula is C25H22FN3O3S. The molecule has 0 atom stereocenters. The van der Waals surface area contributed by atoms with E-state index >= 15 is 0 Å². The highest BCUT2D eigenvalue weighted by Gasteiger charge is 2.14. The predicted molar refractivity (Wildman–Crippen MR) is 128 cm³/mol. The van der Waals surface area contributed by atoms with E-state index in [4.69, 9.17) is 14.5 Å². The van der Waals surface area contributed by atoms with Gasteiger partial charge in [0.2, 0.25) is 5.91 Å². The molecule has 0 aliphatic carbocycles. The van der Waals surface area contributed by atoms with Crippen LogP contribution in [0.25, 0.3) is 16.9 Å². The Morgan fingerprint density at radius 3 is 2.15 bits per heavy atom. The molecule has 6 nitrogen and oxygen atoms in total. The van der Waals surface area contributed by atoms with Crippen LogP contribution in [0.4, 0.5) is 10.1 Å². The molecule has 0 saturated heterocycles. The minimum absolute atomic E-state index is 0.145. The predicted octanol–water partition coefficient (Wildman–Crippen LogP) is 5.43. The molecule has 0 fully saturated rings. The second kappa shape index (κ2) is 10.2. The van der Waals surface area contributed by atoms with E-state index in [9.17, 15) is 9.18 Å². The Labute approximate surface area is 195 Å². The topological polar surface area (TPSA) is 65.4 Å². The first-order valence-electron chi connectivity index (χ1n) is 10.1. The highest BCUT2D eigenvalue weighted by Crippen LogP contribution is 2.29. The van der Waals surface area contributed by atoms with Gasteiger partial charge < -0.3 is 14.8 Å². The molecule has 33 heavy (non-hydrogen) atoms. The molecule has 0 saturated carbocycles. The van der Waals surface area contributed by atoms with Gasteiger partial charge in [0.15, 0.2) is 5.16 Å². The number of ether oxygens (including phenoxy) is 2. The molecule has 8 heteroatoms. The number of nitrogens with zero attached hydrogens (tertiary/aromatic N) is 2. The summed E-state index contributed by atoms with van der Waals surface area (Å²) in [5.41, 5.74) is 3.14. The van der Waals surface area contributed by atoms with Crippen molar-refractivity contribution in [2.75, 3.05) is 25.3 Å². The van der Waals surface area contributed by atoms with E-state index in [1.54, 1.807) is 14.2 Å². The molecular weight excluding hydrogens is 441 g/mol. The second-order valence-electron chi connectivity index (χ2n) is 7.05. The number of methoxy groups -OCH3 is 2. The zero-order chi connectivity index (χ0) is 23.2. The van der Waals surface area contributed by atoms with E-state index in [0.29, 0.717) is 10.8 Å². The monoisotopic (exact) mass is 463 g/mol. The van der Waals surface area contributed by atoms with Gasteiger partial charge in [0.05, 0.1) is 25.7 Å². The van der Waals surface area contributed by atoms with Gasteiger partial charge >= 0.3 is 0 Å². The number of nitrogens with one attached hydrogen (secondary N) is 1. The van der Waals surface area contributed by atoms with Crippen LogP contribution in [0.15, 0.2) is 84.1 Å². The quantitative estimate of drug-likeness (QED) is 0.353. The Morgan fingerprint density at radius 2 is 1.55 bits per heavy atom. The maximum absolute atomic E-state index is 13.1. The first-order chi connectivity index (χ1) is 16.1. The van der Waals surface area contributed by atoms with Gasteiger partial charge in [0.1, 0.15) is 17.3 Å². The van der Waals surface area contributed by atoms with E-state index in [1.807, 2.05) is 59.3 Å². The van der Waals surface area contributed by atoms with Crippen molar-refractivity contribution in [3.8, 4) is 28.4 Å². The number of carbonyl (C=O) groups is 1. The van der Waals surface area contributed by atoms with Gasteiger partial charge in [-0.25, -0.2) is 9.37 Å². The maximum atomic E-state index is 13.1. The maximum Gasteiger partial charge on any atom is 0.234 e. The summed E-state index contributed by atoms with van der Waals surface area (Å²) in [6.07, 6.45) is 1.93. The third-order valence-corrected chi connectivity index (χ3v) is 5.82. The molecule has 4 rings (SSSR count). The van der Waals surface area contributed by atoms with Crippen molar-refractivity contribution in [2.24, 2.45) is 0 Å². The number of imidazole rings is 1. The van der Waals surface area contributed by atoms with Crippen LogP contribution in [-0.4, -0.2) is 35.4 Å². The minimum atomic E-state index is -0.352. The molecule has 3 aromatic carbocycles. The standard InChI is InChI=1S/C25H22FN3O3S/c1-31-21-11-3-17(4-12-21)23-15-29(20-9-13-22(32-2)14-10-20)25(28-23)33-16-24(30)27-19-7-5-18(26)6-8-19/h3-15H,16H2,1-2H3,(H,27,30). The number of rotatable bonds is 8. The smallest absolute Gasteiger partial charge is 0.234 e. The zero-order valence-corrected chi connectivity index (χ0v) is 18.9. The van der Waals surface area contributed by atoms with E-state index in [-0.39, 0.29) is 17.5 Å². The summed E-state index contributed by atoms with van der Waals surface area (Å²) < 4.78 is 25.5. The van der Waals surface area contributed by atoms with Crippen LogP contribution in [0.3, 0.4) is 0 Å². The molecule has 1 amide bonds. The largest absolute Gasteiger partial charge is 0.497 e. The Bertz CT molecular complexity index is 1220. The summed E-state index contributed by atoms with van der Waals surface area (Å²) in [4.78, 5) is 17.2. The van der Waals surface area contributed by atoms with Crippen LogP contribution < -0.4 is 14.8 Å². The average molecular weight is 464 g/mol. The first-order valence-corrected chi connectivity index (χ1v) is 11.1. The van der Waals surface area contributed by atoms with Gasteiger partial charge in [0.25, 0.3) is 0 Å². The van der Waals surface area contributed by atoms with Gasteiger partial charge in [-0.15, -0.1) is 0 Å². The molecule has 0 radical (unpaired) electrons. The molecule has 1 heterocycles. The summed E-state index contributed by atoms with van der Waals surface area (Å²) in [5.74, 6) is 1.10. The number of hydrogen-bond donors (Lipinski definition) is 1. The lowest BCUT2D eigenvalue weighted by atomic mass is 10.1. The van der Waals surface area contributed by atoms with E-state index in [0.717, 1.165) is 28.4 Å². The van der Waals surface area contributed by atoms with Crippen LogP contribution in [-0.2, 0) is 4.79 Å². The van der Waals surface area contributed by atoms with E-state index in [2.05, 4.69) is 5.32 Å². The molecule has 0 spiro atoms. The van der Waals surface area contributed by atoms with Gasteiger partial charge in [-0.1, -0.05) is 11.8 Å². The molecule has 0 aliphatic rings. The lowest BCUT2D eigenvalue weighted by Gasteiger charge is -2.09. The van der Waals surface area contributed by atoms with Crippen molar-refractivity contribution in [3.63, 3.8) is 0 Å². The Morgan fingerprint density at radius 1 is 0.939 bits per heavy atom. The normalized spacial score (nSPS) is 10.6. The number of amides is 1. The number of benzene rings is 3. The van der Waals surface area contributed by atoms with Crippen molar-refractivity contribution >= 4 is 23.4 Å². The summed E-state index contributed by atoms with van der Waals surface area (Å²) in [6.45, 7) is 0. The third-order valence-electron chi connectivity index (χ3n) is 4.87. The Hall–Kier alpha value is -3.78. The van der Waals surface area contributed by atoms with Crippen molar-refractivity contribution in [3.05, 3.63) is 84.8 Å². The van der Waals surface area contributed by atoms with E-state index in [1.165, 1.54) is 36.0 Å². The number of carbonyl (C=O) groups excluding carboxylic acids is 1. The Balaban J connectivity index is 1.57. The van der Waals surface area contributed by atoms with Gasteiger partial charge in [-0.05, 0) is 72.8 Å². The van der Waals surface area contributed by atoms with Crippen LogP contribution in [0, 0.1) is 5.82 Å². The number of hydrogen-bond acceptors (Lipinski definition) is 5. The molecule has 0 unspecified atom stereocenters. The Kier molecular flexibility index (Phi) is 6.95. The second-order valence-corrected chi connectivity index (χ2v) is 7.99. The van der Waals surface area contributed by atoms with Gasteiger partial charge in [0, 0.05) is 23.1 Å². The molecule has 0 aliphatic heterocycles. The summed E-state index contributed by atoms with van der Waals surface area (Å²) in [6, 6.07) is 20.9. The van der Waals surface area contributed by atoms with Crippen LogP contribution in [0.2, 0.25) is 0 Å². The number of halogens is 1. The van der Waals surface area contributed by atoms with Crippen molar-refractivity contribution in [1.82, 2.24) is 9.55 Å². The van der Waals surface area contributed by atoms with Gasteiger partial charge in [-0.3, -0.25) is 9.36 Å². The number of thioether (sulfide) groups is 1. The van der Waals surface area contributed by atoms with E-state index < -0.39 is 0 Å². The number of anilines is 1. The van der Waals surface area contributed by atoms with Crippen LogP contribution in [0.5, 0.6) is 11.5 Å². The van der Waals surface area contributed by atoms with Crippen molar-refractivity contribution < 1.29 is 18.7 Å². The minimum Gasteiger partial charge on any atom is -0.497 e. The molecule has 4 aromatic rings. The van der Waals surface area contributed by atoms with Crippen molar-refractivity contribution in [2.45, 2.75) is 5.16 Å². The average Bonchev–Trinajstić information content (AvgIpc) is 3.28. The molecule has 168 valence electrons. The number of aromatic nitrogens is 2. The lowest BCUT2D eigenvalue weighted by molar-refractivity contribution is -0.113. The highest BCUT2D eigenvalue weighted by atomic mass is 32.2.